The number of rotatable bonds is 10. The largest absolute Gasteiger partial charge is 0.491 e. The number of aliphatic imine (C=N–C) groups is 1. The Morgan fingerprint density at radius 3 is 2.65 bits per heavy atom. The van der Waals surface area contributed by atoms with Gasteiger partial charge in [0.2, 0.25) is 0 Å². The summed E-state index contributed by atoms with van der Waals surface area (Å²) in [5.74, 6) is 1.41. The van der Waals surface area contributed by atoms with E-state index in [0.29, 0.717) is 25.7 Å². The van der Waals surface area contributed by atoms with Crippen LogP contribution in [0.4, 0.5) is 0 Å². The molecule has 0 spiro atoms. The standard InChI is InChI=1S/C16H26IN3O3/c1-3-18-16(19-9-10-22-4-2)20-11-14(21)12-23-15-7-5-13(17)6-8-15/h5-8,14,21H,3-4,9-12H2,1-2H3,(H2,18,19,20). The minimum Gasteiger partial charge on any atom is -0.491 e. The van der Waals surface area contributed by atoms with E-state index < -0.39 is 6.10 Å². The Hall–Kier alpha value is -1.06. The zero-order valence-electron chi connectivity index (χ0n) is 13.7. The van der Waals surface area contributed by atoms with E-state index in [1.165, 1.54) is 0 Å². The molecule has 130 valence electrons. The number of aliphatic hydroxyl groups excluding tert-OH is 1. The molecule has 0 aromatic heterocycles. The van der Waals surface area contributed by atoms with Crippen molar-refractivity contribution in [3.63, 3.8) is 0 Å². The molecule has 0 aliphatic carbocycles. The third-order valence-electron chi connectivity index (χ3n) is 2.80. The van der Waals surface area contributed by atoms with Crippen molar-refractivity contribution in [2.45, 2.75) is 20.0 Å². The van der Waals surface area contributed by atoms with Crippen molar-refractivity contribution < 1.29 is 14.6 Å². The fourth-order valence-corrected chi connectivity index (χ4v) is 2.06. The number of halogens is 1. The van der Waals surface area contributed by atoms with Crippen LogP contribution < -0.4 is 15.4 Å². The average Bonchev–Trinajstić information content (AvgIpc) is 2.56. The average molecular weight is 435 g/mol. The number of ether oxygens (including phenoxy) is 2. The van der Waals surface area contributed by atoms with E-state index >= 15 is 0 Å². The highest BCUT2D eigenvalue weighted by Gasteiger charge is 2.06. The van der Waals surface area contributed by atoms with Crippen molar-refractivity contribution in [3.8, 4) is 5.75 Å². The number of hydrogen-bond acceptors (Lipinski definition) is 4. The molecule has 0 fully saturated rings. The van der Waals surface area contributed by atoms with E-state index in [-0.39, 0.29) is 13.2 Å². The first-order valence-corrected chi connectivity index (χ1v) is 8.90. The lowest BCUT2D eigenvalue weighted by molar-refractivity contribution is 0.114. The molecule has 0 saturated carbocycles. The van der Waals surface area contributed by atoms with Gasteiger partial charge in [-0.3, -0.25) is 4.99 Å². The first-order valence-electron chi connectivity index (χ1n) is 7.82. The second kappa shape index (κ2) is 12.4. The maximum Gasteiger partial charge on any atom is 0.191 e. The Morgan fingerprint density at radius 1 is 1.26 bits per heavy atom. The molecule has 0 bridgehead atoms. The molecule has 1 rings (SSSR count). The summed E-state index contributed by atoms with van der Waals surface area (Å²) in [4.78, 5) is 4.35. The fourth-order valence-electron chi connectivity index (χ4n) is 1.70. The van der Waals surface area contributed by atoms with Crippen LogP contribution in [0.1, 0.15) is 13.8 Å². The van der Waals surface area contributed by atoms with E-state index in [2.05, 4.69) is 38.2 Å². The SMILES string of the molecule is CCNC(=NCC(O)COc1ccc(I)cc1)NCCOCC. The molecule has 7 heteroatoms. The molecule has 3 N–H and O–H groups in total. The third kappa shape index (κ3) is 9.62. The van der Waals surface area contributed by atoms with Crippen LogP contribution >= 0.6 is 22.6 Å². The lowest BCUT2D eigenvalue weighted by Crippen LogP contribution is -2.39. The summed E-state index contributed by atoms with van der Waals surface area (Å²) in [7, 11) is 0. The van der Waals surface area contributed by atoms with Crippen molar-refractivity contribution in [2.75, 3.05) is 39.5 Å². The summed E-state index contributed by atoms with van der Waals surface area (Å²) in [5.41, 5.74) is 0. The Bertz CT molecular complexity index is 454. The fraction of sp³-hybridized carbons (Fsp3) is 0.562. The number of nitrogens with one attached hydrogen (secondary N) is 2. The maximum absolute atomic E-state index is 9.98. The van der Waals surface area contributed by atoms with Gasteiger partial charge in [0.1, 0.15) is 18.5 Å². The molecule has 0 aliphatic heterocycles. The van der Waals surface area contributed by atoms with Gasteiger partial charge < -0.3 is 25.2 Å². The zero-order chi connectivity index (χ0) is 16.9. The van der Waals surface area contributed by atoms with Gasteiger partial charge in [-0.15, -0.1) is 0 Å². The van der Waals surface area contributed by atoms with Gasteiger partial charge in [-0.2, -0.15) is 0 Å². The van der Waals surface area contributed by atoms with E-state index in [1.54, 1.807) is 0 Å². The van der Waals surface area contributed by atoms with Gasteiger partial charge in [0.15, 0.2) is 5.96 Å². The summed E-state index contributed by atoms with van der Waals surface area (Å²) < 4.78 is 12.0. The highest BCUT2D eigenvalue weighted by Crippen LogP contribution is 2.13. The zero-order valence-corrected chi connectivity index (χ0v) is 15.9. The minimum atomic E-state index is -0.656. The molecular formula is C16H26IN3O3. The van der Waals surface area contributed by atoms with Gasteiger partial charge in [-0.1, -0.05) is 0 Å². The predicted octanol–water partition coefficient (Wildman–Crippen LogP) is 1.62. The third-order valence-corrected chi connectivity index (χ3v) is 3.52. The van der Waals surface area contributed by atoms with Gasteiger partial charge in [-0.25, -0.2) is 0 Å². The second-order valence-electron chi connectivity index (χ2n) is 4.76. The molecule has 6 nitrogen and oxygen atoms in total. The monoisotopic (exact) mass is 435 g/mol. The normalized spacial score (nSPS) is 12.8. The van der Waals surface area contributed by atoms with E-state index in [1.807, 2.05) is 38.1 Å². The van der Waals surface area contributed by atoms with Crippen molar-refractivity contribution in [2.24, 2.45) is 4.99 Å². The Morgan fingerprint density at radius 2 is 2.00 bits per heavy atom. The summed E-state index contributed by atoms with van der Waals surface area (Å²) in [6.07, 6.45) is -0.656. The molecular weight excluding hydrogens is 409 g/mol. The molecule has 1 atom stereocenters. The Balaban J connectivity index is 2.33. The van der Waals surface area contributed by atoms with E-state index in [9.17, 15) is 5.11 Å². The predicted molar refractivity (Wildman–Crippen MR) is 101 cm³/mol. The maximum atomic E-state index is 9.98. The van der Waals surface area contributed by atoms with Crippen LogP contribution in [0, 0.1) is 3.57 Å². The van der Waals surface area contributed by atoms with E-state index in [4.69, 9.17) is 9.47 Å². The summed E-state index contributed by atoms with van der Waals surface area (Å²) >= 11 is 2.24. The molecule has 0 saturated heterocycles. The van der Waals surface area contributed by atoms with Crippen molar-refractivity contribution >= 4 is 28.6 Å². The summed E-state index contributed by atoms with van der Waals surface area (Å²) in [6.45, 7) is 7.20. The molecule has 0 amide bonds. The number of guanidine groups is 1. The van der Waals surface area contributed by atoms with Crippen molar-refractivity contribution in [1.82, 2.24) is 10.6 Å². The highest BCUT2D eigenvalue weighted by molar-refractivity contribution is 14.1. The highest BCUT2D eigenvalue weighted by atomic mass is 127. The number of benzene rings is 1. The summed E-state index contributed by atoms with van der Waals surface area (Å²) in [5, 5.41) is 16.3. The second-order valence-corrected chi connectivity index (χ2v) is 6.01. The molecule has 1 aromatic carbocycles. The Labute approximate surface area is 151 Å². The molecule has 1 unspecified atom stereocenters. The van der Waals surface area contributed by atoms with E-state index in [0.717, 1.165) is 15.9 Å². The summed E-state index contributed by atoms with van der Waals surface area (Å²) in [6, 6.07) is 7.70. The van der Waals surface area contributed by atoms with Crippen LogP contribution in [0.15, 0.2) is 29.3 Å². The van der Waals surface area contributed by atoms with Gasteiger partial charge in [0.05, 0.1) is 13.2 Å². The van der Waals surface area contributed by atoms with Crippen LogP contribution in [0.3, 0.4) is 0 Å². The van der Waals surface area contributed by atoms with Crippen molar-refractivity contribution in [1.29, 1.82) is 0 Å². The van der Waals surface area contributed by atoms with Gasteiger partial charge >= 0.3 is 0 Å². The van der Waals surface area contributed by atoms with Crippen LogP contribution in [-0.2, 0) is 4.74 Å². The first-order chi connectivity index (χ1) is 11.2. The minimum absolute atomic E-state index is 0.211. The molecule has 0 aliphatic rings. The van der Waals surface area contributed by atoms with Crippen LogP contribution in [0.2, 0.25) is 0 Å². The lowest BCUT2D eigenvalue weighted by Gasteiger charge is -2.14. The topological polar surface area (TPSA) is 75.1 Å². The smallest absolute Gasteiger partial charge is 0.191 e. The molecule has 23 heavy (non-hydrogen) atoms. The first kappa shape index (κ1) is 20.0. The van der Waals surface area contributed by atoms with Crippen LogP contribution in [0.5, 0.6) is 5.75 Å². The number of aliphatic hydroxyl groups is 1. The quantitative estimate of drug-likeness (QED) is 0.226. The van der Waals surface area contributed by atoms with Crippen LogP contribution in [0.25, 0.3) is 0 Å². The molecule has 0 heterocycles. The lowest BCUT2D eigenvalue weighted by atomic mass is 10.3. The van der Waals surface area contributed by atoms with Gasteiger partial charge in [0.25, 0.3) is 0 Å². The van der Waals surface area contributed by atoms with Gasteiger partial charge in [-0.05, 0) is 60.7 Å². The Kier molecular flexibility index (Phi) is 10.8. The van der Waals surface area contributed by atoms with Crippen molar-refractivity contribution in [3.05, 3.63) is 27.8 Å². The number of hydrogen-bond donors (Lipinski definition) is 3. The van der Waals surface area contributed by atoms with Crippen LogP contribution in [-0.4, -0.2) is 56.6 Å². The molecule has 1 aromatic rings. The van der Waals surface area contributed by atoms with Gasteiger partial charge in [0, 0.05) is 23.3 Å². The molecule has 0 radical (unpaired) electrons. The number of nitrogens with zero attached hydrogens (tertiary/aromatic N) is 1.